The van der Waals surface area contributed by atoms with Crippen molar-refractivity contribution in [3.8, 4) is 0 Å². The third kappa shape index (κ3) is 5.68. The van der Waals surface area contributed by atoms with Crippen molar-refractivity contribution in [2.45, 2.75) is 65.6 Å². The number of esters is 2. The van der Waals surface area contributed by atoms with Crippen molar-refractivity contribution >= 4 is 75.3 Å². The molecule has 3 heterocycles. The highest BCUT2D eigenvalue weighted by Crippen LogP contribution is 2.33. The molecule has 2 fully saturated rings. The van der Waals surface area contributed by atoms with E-state index in [1.165, 1.54) is 17.2 Å². The zero-order valence-electron chi connectivity index (χ0n) is 17.8. The molecule has 2 aromatic rings. The van der Waals surface area contributed by atoms with Gasteiger partial charge in [-0.05, 0) is 19.3 Å². The van der Waals surface area contributed by atoms with Crippen molar-refractivity contribution in [3.63, 3.8) is 0 Å². The number of nitrogens with one attached hydrogen (secondary N) is 1. The van der Waals surface area contributed by atoms with Crippen LogP contribution in [0.3, 0.4) is 0 Å². The largest absolute Gasteiger partial charge is 0.461 e. The van der Waals surface area contributed by atoms with Crippen LogP contribution in [0.25, 0.3) is 11.2 Å². The molecule has 1 saturated heterocycles. The SMILES string of the molecule is O=C(OC[C@H]1O[C@@H](n2cnc3c(NC4CCC[C@H]4OC(=O)C(Cl)Cl)ncnc32)[C@H](O)[C@@H]1O)C(Cl)Cl. The minimum absolute atomic E-state index is 0.254. The monoisotopic (exact) mass is 571 g/mol. The first-order valence-electron chi connectivity index (χ1n) is 10.6. The number of halogens is 4. The number of carbonyl (C=O) groups is 2. The Morgan fingerprint density at radius 2 is 1.86 bits per heavy atom. The Kier molecular flexibility index (Phi) is 8.41. The third-order valence-corrected chi connectivity index (χ3v) is 6.47. The Morgan fingerprint density at radius 3 is 2.57 bits per heavy atom. The van der Waals surface area contributed by atoms with E-state index in [9.17, 15) is 19.8 Å². The van der Waals surface area contributed by atoms with Crippen molar-refractivity contribution in [3.05, 3.63) is 12.7 Å². The molecule has 1 saturated carbocycles. The van der Waals surface area contributed by atoms with Gasteiger partial charge in [-0.3, -0.25) is 4.57 Å². The average molecular weight is 573 g/mol. The van der Waals surface area contributed by atoms with Crippen LogP contribution in [0.15, 0.2) is 12.7 Å². The molecule has 2 aromatic heterocycles. The van der Waals surface area contributed by atoms with Gasteiger partial charge >= 0.3 is 11.9 Å². The molecule has 4 rings (SSSR count). The second kappa shape index (κ2) is 11.2. The molecule has 1 unspecified atom stereocenters. The molecule has 0 bridgehead atoms. The molecular weight excluding hydrogens is 552 g/mol. The van der Waals surface area contributed by atoms with Crippen LogP contribution in [-0.2, 0) is 23.8 Å². The summed E-state index contributed by atoms with van der Waals surface area (Å²) in [6.45, 7) is -0.370. The molecule has 6 atom stereocenters. The lowest BCUT2D eigenvalue weighted by molar-refractivity contribution is -0.148. The molecule has 192 valence electrons. The van der Waals surface area contributed by atoms with Gasteiger partial charge in [0.15, 0.2) is 23.2 Å². The van der Waals surface area contributed by atoms with E-state index in [0.29, 0.717) is 29.8 Å². The maximum absolute atomic E-state index is 11.8. The Bertz CT molecular complexity index is 1070. The molecule has 0 radical (unpaired) electrons. The van der Waals surface area contributed by atoms with Crippen LogP contribution in [0, 0.1) is 0 Å². The molecule has 1 aliphatic heterocycles. The molecule has 1 aliphatic carbocycles. The number of hydrogen-bond donors (Lipinski definition) is 3. The number of aliphatic hydroxyl groups excluding tert-OH is 2. The van der Waals surface area contributed by atoms with Crippen LogP contribution in [0.4, 0.5) is 5.82 Å². The Morgan fingerprint density at radius 1 is 1.11 bits per heavy atom. The predicted molar refractivity (Wildman–Crippen MR) is 124 cm³/mol. The van der Waals surface area contributed by atoms with Crippen LogP contribution < -0.4 is 5.32 Å². The van der Waals surface area contributed by atoms with Gasteiger partial charge in [0.25, 0.3) is 0 Å². The number of alkyl halides is 4. The first kappa shape index (κ1) is 26.4. The Hall–Kier alpha value is -1.67. The van der Waals surface area contributed by atoms with E-state index in [4.69, 9.17) is 60.6 Å². The summed E-state index contributed by atoms with van der Waals surface area (Å²) in [5.41, 5.74) is 0.676. The average Bonchev–Trinajstić information content (AvgIpc) is 3.51. The van der Waals surface area contributed by atoms with Gasteiger partial charge in [-0.25, -0.2) is 24.5 Å². The van der Waals surface area contributed by atoms with Gasteiger partial charge in [0.1, 0.15) is 37.4 Å². The third-order valence-electron chi connectivity index (χ3n) is 5.76. The highest BCUT2D eigenvalue weighted by molar-refractivity contribution is 6.53. The maximum Gasteiger partial charge on any atom is 0.339 e. The zero-order chi connectivity index (χ0) is 25.3. The summed E-state index contributed by atoms with van der Waals surface area (Å²) in [6, 6.07) is -0.254. The van der Waals surface area contributed by atoms with Crippen molar-refractivity contribution in [1.29, 1.82) is 0 Å². The van der Waals surface area contributed by atoms with E-state index in [2.05, 4.69) is 20.3 Å². The minimum Gasteiger partial charge on any atom is -0.461 e. The fraction of sp³-hybridized carbons (Fsp3) is 0.632. The van der Waals surface area contributed by atoms with Gasteiger partial charge in [0.05, 0.1) is 12.4 Å². The fourth-order valence-electron chi connectivity index (χ4n) is 4.08. The lowest BCUT2D eigenvalue weighted by Gasteiger charge is -2.22. The van der Waals surface area contributed by atoms with Gasteiger partial charge < -0.3 is 29.7 Å². The number of nitrogens with zero attached hydrogens (tertiary/aromatic N) is 4. The predicted octanol–water partition coefficient (Wildman–Crippen LogP) is 1.47. The summed E-state index contributed by atoms with van der Waals surface area (Å²) in [4.78, 5) is 33.5. The molecule has 2 aliphatic rings. The standard InChI is InChI=1S/C19H21Cl4N5O7/c20-13(21)18(31)33-4-9-11(29)12(30)17(34-9)28-6-26-10-15(24-5-25-16(10)28)27-7-2-1-3-8(7)35-19(32)14(22)23/h5-9,11-14,17,29-30H,1-4H2,(H,24,25,27)/t7?,8-,9-,11-,12-,17-/m1/s1. The zero-order valence-corrected chi connectivity index (χ0v) is 20.9. The Labute approximate surface area is 218 Å². The summed E-state index contributed by atoms with van der Waals surface area (Å²) in [5.74, 6) is -1.24. The van der Waals surface area contributed by atoms with Crippen molar-refractivity contribution < 1.29 is 34.0 Å². The van der Waals surface area contributed by atoms with Crippen LogP contribution in [-0.4, -0.2) is 88.4 Å². The van der Waals surface area contributed by atoms with Gasteiger partial charge in [0.2, 0.25) is 9.67 Å². The van der Waals surface area contributed by atoms with Crippen LogP contribution in [0.5, 0.6) is 0 Å². The molecule has 3 N–H and O–H groups in total. The highest BCUT2D eigenvalue weighted by atomic mass is 35.5. The first-order valence-corrected chi connectivity index (χ1v) is 12.3. The topological polar surface area (TPSA) is 158 Å². The smallest absolute Gasteiger partial charge is 0.339 e. The quantitative estimate of drug-likeness (QED) is 0.310. The molecule has 12 nitrogen and oxygen atoms in total. The second-order valence-corrected chi connectivity index (χ2v) is 10.2. The molecule has 35 heavy (non-hydrogen) atoms. The summed E-state index contributed by atoms with van der Waals surface area (Å²) < 4.78 is 17.4. The number of rotatable bonds is 8. The molecule has 16 heteroatoms. The summed E-state index contributed by atoms with van der Waals surface area (Å²) in [5, 5.41) is 24.1. The lowest BCUT2D eigenvalue weighted by Crippen LogP contribution is -2.34. The van der Waals surface area contributed by atoms with Crippen LogP contribution in [0.1, 0.15) is 25.5 Å². The second-order valence-electron chi connectivity index (χ2n) is 7.98. The first-order chi connectivity index (χ1) is 16.7. The minimum atomic E-state index is -1.39. The van der Waals surface area contributed by atoms with E-state index in [1.807, 2.05) is 0 Å². The maximum atomic E-state index is 11.8. The molecule has 0 amide bonds. The van der Waals surface area contributed by atoms with Crippen molar-refractivity contribution in [2.24, 2.45) is 0 Å². The van der Waals surface area contributed by atoms with Gasteiger partial charge in [0, 0.05) is 0 Å². The number of ether oxygens (including phenoxy) is 3. The van der Waals surface area contributed by atoms with Gasteiger partial charge in [-0.1, -0.05) is 46.4 Å². The van der Waals surface area contributed by atoms with E-state index in [1.54, 1.807) is 0 Å². The van der Waals surface area contributed by atoms with Gasteiger partial charge in [-0.15, -0.1) is 0 Å². The number of aliphatic hydroxyl groups is 2. The van der Waals surface area contributed by atoms with Crippen LogP contribution in [0.2, 0.25) is 0 Å². The number of aromatic nitrogens is 4. The van der Waals surface area contributed by atoms with E-state index >= 15 is 0 Å². The number of carbonyl (C=O) groups excluding carboxylic acids is 2. The normalized spacial score (nSPS) is 28.7. The lowest BCUT2D eigenvalue weighted by atomic mass is 10.1. The fourth-order valence-corrected chi connectivity index (χ4v) is 4.31. The highest BCUT2D eigenvalue weighted by Gasteiger charge is 2.45. The molecule has 0 spiro atoms. The van der Waals surface area contributed by atoms with E-state index in [0.717, 1.165) is 6.42 Å². The molecular formula is C19H21Cl4N5O7. The molecule has 0 aromatic carbocycles. The number of anilines is 1. The number of imidazole rings is 1. The van der Waals surface area contributed by atoms with Gasteiger partial charge in [-0.2, -0.15) is 0 Å². The van der Waals surface area contributed by atoms with Crippen molar-refractivity contribution in [2.75, 3.05) is 11.9 Å². The summed E-state index contributed by atoms with van der Waals surface area (Å²) in [7, 11) is 0. The Balaban J connectivity index is 1.50. The van der Waals surface area contributed by atoms with Crippen LogP contribution >= 0.6 is 46.4 Å². The van der Waals surface area contributed by atoms with E-state index < -0.39 is 52.3 Å². The van der Waals surface area contributed by atoms with E-state index in [-0.39, 0.29) is 12.6 Å². The summed E-state index contributed by atoms with van der Waals surface area (Å²) >= 11 is 22.1. The number of fused-ring (bicyclic) bond motifs is 1. The summed E-state index contributed by atoms with van der Waals surface area (Å²) in [6.07, 6.45) is -0.470. The number of hydrogen-bond acceptors (Lipinski definition) is 11. The van der Waals surface area contributed by atoms with Crippen molar-refractivity contribution in [1.82, 2.24) is 19.5 Å².